The summed E-state index contributed by atoms with van der Waals surface area (Å²) in [6.07, 6.45) is 4.81. The van der Waals surface area contributed by atoms with Crippen molar-refractivity contribution in [1.29, 1.82) is 0 Å². The fraction of sp³-hybridized carbons (Fsp3) is 0.381. The summed E-state index contributed by atoms with van der Waals surface area (Å²) in [6, 6.07) is 11.2. The number of aryl methyl sites for hydroxylation is 2. The van der Waals surface area contributed by atoms with Gasteiger partial charge in [-0.1, -0.05) is 35.9 Å². The lowest BCUT2D eigenvalue weighted by Gasteiger charge is -2.20. The monoisotopic (exact) mass is 391 g/mol. The van der Waals surface area contributed by atoms with Crippen molar-refractivity contribution in [2.75, 3.05) is 5.75 Å². The van der Waals surface area contributed by atoms with E-state index in [1.165, 1.54) is 41.8 Å². The molecule has 0 saturated heterocycles. The molecule has 1 atom stereocenters. The number of hydrogen-bond donors (Lipinski definition) is 1. The van der Waals surface area contributed by atoms with Gasteiger partial charge in [0.15, 0.2) is 0 Å². The third-order valence-electron chi connectivity index (χ3n) is 4.76. The Bertz CT molecular complexity index is 796. The van der Waals surface area contributed by atoms with Gasteiger partial charge in [0.2, 0.25) is 5.91 Å². The fourth-order valence-corrected chi connectivity index (χ4v) is 4.27. The summed E-state index contributed by atoms with van der Waals surface area (Å²) >= 11 is 7.15. The molecule has 1 aliphatic carbocycles. The van der Waals surface area contributed by atoms with E-state index in [-0.39, 0.29) is 17.8 Å². The average Bonchev–Trinajstić information content (AvgIpc) is 2.63. The van der Waals surface area contributed by atoms with Gasteiger partial charge in [-0.25, -0.2) is 4.39 Å². The molecule has 0 fully saturated rings. The van der Waals surface area contributed by atoms with Crippen molar-refractivity contribution in [3.05, 3.63) is 69.5 Å². The Labute approximate surface area is 163 Å². The molecule has 5 heteroatoms. The third-order valence-corrected chi connectivity index (χ3v) is 5.97. The van der Waals surface area contributed by atoms with Crippen LogP contribution in [0.4, 0.5) is 4.39 Å². The Morgan fingerprint density at radius 2 is 1.96 bits per heavy atom. The number of carbonyl (C=O) groups is 1. The van der Waals surface area contributed by atoms with Crippen molar-refractivity contribution in [2.24, 2.45) is 0 Å². The molecule has 1 amide bonds. The number of nitrogens with one attached hydrogen (secondary N) is 1. The molecular formula is C21H23ClFNOS. The number of fused-ring (bicyclic) bond motifs is 1. The van der Waals surface area contributed by atoms with Crippen molar-refractivity contribution in [1.82, 2.24) is 5.32 Å². The quantitative estimate of drug-likeness (QED) is 0.707. The van der Waals surface area contributed by atoms with Gasteiger partial charge in [-0.3, -0.25) is 4.79 Å². The van der Waals surface area contributed by atoms with Crippen LogP contribution in [0.25, 0.3) is 0 Å². The first-order valence-corrected chi connectivity index (χ1v) is 10.5. The van der Waals surface area contributed by atoms with Crippen LogP contribution in [0.3, 0.4) is 0 Å². The second-order valence-electron chi connectivity index (χ2n) is 6.75. The second kappa shape index (κ2) is 8.92. The van der Waals surface area contributed by atoms with Gasteiger partial charge in [0.1, 0.15) is 5.82 Å². The molecule has 0 spiro atoms. The number of halogens is 2. The highest BCUT2D eigenvalue weighted by molar-refractivity contribution is 7.99. The van der Waals surface area contributed by atoms with Crippen LogP contribution < -0.4 is 5.32 Å². The van der Waals surface area contributed by atoms with Gasteiger partial charge in [-0.2, -0.15) is 0 Å². The van der Waals surface area contributed by atoms with Crippen LogP contribution in [0, 0.1) is 5.82 Å². The molecule has 1 aliphatic rings. The van der Waals surface area contributed by atoms with E-state index in [4.69, 9.17) is 11.6 Å². The first-order chi connectivity index (χ1) is 12.5. The molecule has 2 nitrogen and oxygen atoms in total. The number of carbonyl (C=O) groups excluding carboxylic acids is 1. The topological polar surface area (TPSA) is 29.1 Å². The summed E-state index contributed by atoms with van der Waals surface area (Å²) in [5.74, 6) is 0.392. The predicted octanol–water partition coefficient (Wildman–Crippen LogP) is 5.47. The Kier molecular flexibility index (Phi) is 6.60. The molecule has 0 saturated carbocycles. The Balaban J connectivity index is 1.49. The highest BCUT2D eigenvalue weighted by Crippen LogP contribution is 2.25. The van der Waals surface area contributed by atoms with Gasteiger partial charge in [0, 0.05) is 10.8 Å². The van der Waals surface area contributed by atoms with Crippen molar-refractivity contribution >= 4 is 29.3 Å². The van der Waals surface area contributed by atoms with Gasteiger partial charge in [0.05, 0.1) is 11.8 Å². The van der Waals surface area contributed by atoms with E-state index < -0.39 is 0 Å². The molecule has 3 rings (SSSR count). The molecule has 0 aromatic heterocycles. The van der Waals surface area contributed by atoms with Crippen LogP contribution in [0.2, 0.25) is 5.02 Å². The maximum atomic E-state index is 13.7. The van der Waals surface area contributed by atoms with Crippen molar-refractivity contribution in [3.8, 4) is 0 Å². The summed E-state index contributed by atoms with van der Waals surface area (Å²) in [5.41, 5.74) is 4.57. The Hall–Kier alpha value is -1.52. The van der Waals surface area contributed by atoms with E-state index in [1.807, 2.05) is 6.92 Å². The first kappa shape index (κ1) is 19.2. The van der Waals surface area contributed by atoms with E-state index >= 15 is 0 Å². The molecule has 2 aromatic rings. The minimum absolute atomic E-state index is 0.0254. The molecule has 0 radical (unpaired) electrons. The van der Waals surface area contributed by atoms with Crippen LogP contribution in [-0.4, -0.2) is 11.7 Å². The summed E-state index contributed by atoms with van der Waals surface area (Å²) in [5, 5.41) is 3.42. The number of rotatable bonds is 6. The van der Waals surface area contributed by atoms with E-state index in [1.54, 1.807) is 12.1 Å². The first-order valence-electron chi connectivity index (χ1n) is 8.95. The van der Waals surface area contributed by atoms with E-state index in [2.05, 4.69) is 23.5 Å². The lowest BCUT2D eigenvalue weighted by atomic mass is 9.89. The van der Waals surface area contributed by atoms with Crippen LogP contribution in [0.5, 0.6) is 0 Å². The standard InChI is InChI=1S/C21H23ClFNOS/c1-14(16-7-6-15-4-2-3-5-17(15)10-16)24-21(25)13-26-12-18-8-9-19(22)11-20(18)23/h6-11,14H,2-5,12-13H2,1H3,(H,24,25)/t14-/m1/s1. The zero-order valence-electron chi connectivity index (χ0n) is 14.9. The number of hydrogen-bond acceptors (Lipinski definition) is 2. The molecule has 26 heavy (non-hydrogen) atoms. The van der Waals surface area contributed by atoms with Gasteiger partial charge in [0.25, 0.3) is 0 Å². The molecule has 138 valence electrons. The van der Waals surface area contributed by atoms with Crippen molar-refractivity contribution < 1.29 is 9.18 Å². The maximum Gasteiger partial charge on any atom is 0.230 e. The zero-order valence-corrected chi connectivity index (χ0v) is 16.4. The molecule has 0 heterocycles. The molecule has 1 N–H and O–H groups in total. The summed E-state index contributed by atoms with van der Waals surface area (Å²) < 4.78 is 13.7. The minimum atomic E-state index is -0.326. The maximum absolute atomic E-state index is 13.7. The Morgan fingerprint density at radius 3 is 2.73 bits per heavy atom. The van der Waals surface area contributed by atoms with Gasteiger partial charge >= 0.3 is 0 Å². The van der Waals surface area contributed by atoms with Gasteiger partial charge < -0.3 is 5.32 Å². The van der Waals surface area contributed by atoms with Crippen LogP contribution in [0.1, 0.15) is 48.1 Å². The van der Waals surface area contributed by atoms with E-state index in [9.17, 15) is 9.18 Å². The normalized spacial score (nSPS) is 14.6. The molecule has 0 bridgehead atoms. The van der Waals surface area contributed by atoms with Crippen LogP contribution in [-0.2, 0) is 23.4 Å². The largest absolute Gasteiger partial charge is 0.349 e. The predicted molar refractivity (Wildman–Crippen MR) is 107 cm³/mol. The highest BCUT2D eigenvalue weighted by atomic mass is 35.5. The van der Waals surface area contributed by atoms with Crippen molar-refractivity contribution in [3.63, 3.8) is 0 Å². The number of benzene rings is 2. The molecule has 0 unspecified atom stereocenters. The smallest absolute Gasteiger partial charge is 0.230 e. The summed E-state index contributed by atoms with van der Waals surface area (Å²) in [4.78, 5) is 12.2. The van der Waals surface area contributed by atoms with Crippen LogP contribution >= 0.6 is 23.4 Å². The highest BCUT2D eigenvalue weighted by Gasteiger charge is 2.14. The average molecular weight is 392 g/mol. The second-order valence-corrected chi connectivity index (χ2v) is 8.18. The minimum Gasteiger partial charge on any atom is -0.349 e. The third kappa shape index (κ3) is 5.01. The van der Waals surface area contributed by atoms with Gasteiger partial charge in [-0.05, 0) is 67.0 Å². The SMILES string of the molecule is C[C@@H](NC(=O)CSCc1ccc(Cl)cc1F)c1ccc2c(c1)CCCC2. The number of amides is 1. The fourth-order valence-electron chi connectivity index (χ4n) is 3.28. The summed E-state index contributed by atoms with van der Waals surface area (Å²) in [6.45, 7) is 2.01. The van der Waals surface area contributed by atoms with Crippen LogP contribution in [0.15, 0.2) is 36.4 Å². The lowest BCUT2D eigenvalue weighted by Crippen LogP contribution is -2.28. The zero-order chi connectivity index (χ0) is 18.5. The molecular weight excluding hydrogens is 369 g/mol. The van der Waals surface area contributed by atoms with Gasteiger partial charge in [-0.15, -0.1) is 11.8 Å². The molecule has 0 aliphatic heterocycles. The number of thioether (sulfide) groups is 1. The Morgan fingerprint density at radius 1 is 1.19 bits per heavy atom. The lowest BCUT2D eigenvalue weighted by molar-refractivity contribution is -0.119. The van der Waals surface area contributed by atoms with E-state index in [0.717, 1.165) is 18.4 Å². The summed E-state index contributed by atoms with van der Waals surface area (Å²) in [7, 11) is 0. The van der Waals surface area contributed by atoms with E-state index in [0.29, 0.717) is 22.1 Å². The molecule has 2 aromatic carbocycles. The van der Waals surface area contributed by atoms with Crippen molar-refractivity contribution in [2.45, 2.75) is 44.4 Å².